The minimum atomic E-state index is -0.290. The fourth-order valence-electron chi connectivity index (χ4n) is 1.84. The van der Waals surface area contributed by atoms with Crippen molar-refractivity contribution in [2.75, 3.05) is 18.5 Å². The van der Waals surface area contributed by atoms with Gasteiger partial charge in [0.25, 0.3) is 5.91 Å². The maximum absolute atomic E-state index is 11.9. The average Bonchev–Trinajstić information content (AvgIpc) is 2.55. The molecule has 0 fully saturated rings. The predicted molar refractivity (Wildman–Crippen MR) is 97.4 cm³/mol. The number of benzene rings is 2. The van der Waals surface area contributed by atoms with E-state index in [4.69, 9.17) is 32.7 Å². The number of hydrogen-bond donors (Lipinski definition) is 1. The highest BCUT2D eigenvalue weighted by atomic mass is 35.5. The van der Waals surface area contributed by atoms with Crippen LogP contribution in [0.5, 0.6) is 11.5 Å². The summed E-state index contributed by atoms with van der Waals surface area (Å²) in [5, 5.41) is 3.51. The van der Waals surface area contributed by atoms with Gasteiger partial charge >= 0.3 is 0 Å². The van der Waals surface area contributed by atoms with Crippen molar-refractivity contribution < 1.29 is 14.3 Å². The summed E-state index contributed by atoms with van der Waals surface area (Å²) in [6, 6.07) is 12.1. The number of rotatable bonds is 7. The van der Waals surface area contributed by atoms with Crippen LogP contribution in [0.2, 0.25) is 10.0 Å². The zero-order valence-electron chi connectivity index (χ0n) is 13.5. The molecule has 0 bridgehead atoms. The van der Waals surface area contributed by atoms with Crippen LogP contribution in [0.15, 0.2) is 42.5 Å². The summed E-state index contributed by atoms with van der Waals surface area (Å²) >= 11 is 11.7. The lowest BCUT2D eigenvalue weighted by Gasteiger charge is -2.11. The summed E-state index contributed by atoms with van der Waals surface area (Å²) in [4.78, 5) is 11.9. The largest absolute Gasteiger partial charge is 0.493 e. The first-order valence-corrected chi connectivity index (χ1v) is 8.30. The molecule has 0 aliphatic heterocycles. The van der Waals surface area contributed by atoms with E-state index in [9.17, 15) is 4.79 Å². The van der Waals surface area contributed by atoms with Gasteiger partial charge in [0.1, 0.15) is 11.5 Å². The van der Waals surface area contributed by atoms with E-state index < -0.39 is 0 Å². The lowest BCUT2D eigenvalue weighted by molar-refractivity contribution is -0.118. The van der Waals surface area contributed by atoms with Crippen LogP contribution in [0.4, 0.5) is 5.69 Å². The van der Waals surface area contributed by atoms with Gasteiger partial charge in [0.2, 0.25) is 0 Å². The van der Waals surface area contributed by atoms with Crippen LogP contribution in [0, 0.1) is 5.92 Å². The Morgan fingerprint density at radius 1 is 1.04 bits per heavy atom. The summed E-state index contributed by atoms with van der Waals surface area (Å²) in [7, 11) is 0. The first-order valence-electron chi connectivity index (χ1n) is 7.54. The molecular formula is C18H19Cl2NO3. The van der Waals surface area contributed by atoms with Crippen LogP contribution in [-0.4, -0.2) is 19.1 Å². The number of anilines is 1. The molecule has 0 aromatic heterocycles. The number of amides is 1. The van der Waals surface area contributed by atoms with Gasteiger partial charge in [0, 0.05) is 11.8 Å². The highest BCUT2D eigenvalue weighted by Gasteiger charge is 2.06. The molecule has 0 heterocycles. The Morgan fingerprint density at radius 2 is 1.75 bits per heavy atom. The zero-order chi connectivity index (χ0) is 17.5. The number of nitrogens with one attached hydrogen (secondary N) is 1. The van der Waals surface area contributed by atoms with Gasteiger partial charge in [-0.2, -0.15) is 0 Å². The second-order valence-corrected chi connectivity index (χ2v) is 6.46. The molecule has 0 aliphatic carbocycles. The van der Waals surface area contributed by atoms with E-state index in [2.05, 4.69) is 19.2 Å². The smallest absolute Gasteiger partial charge is 0.262 e. The Hall–Kier alpha value is -1.91. The van der Waals surface area contributed by atoms with Crippen LogP contribution >= 0.6 is 23.2 Å². The summed E-state index contributed by atoms with van der Waals surface area (Å²) in [5.41, 5.74) is 0.562. The molecule has 2 rings (SSSR count). The molecule has 1 N–H and O–H groups in total. The van der Waals surface area contributed by atoms with Crippen LogP contribution in [0.3, 0.4) is 0 Å². The van der Waals surface area contributed by atoms with Crippen molar-refractivity contribution in [2.45, 2.75) is 13.8 Å². The van der Waals surface area contributed by atoms with E-state index in [0.29, 0.717) is 39.8 Å². The third-order valence-corrected chi connectivity index (χ3v) is 3.70. The van der Waals surface area contributed by atoms with Crippen molar-refractivity contribution in [1.29, 1.82) is 0 Å². The molecule has 0 atom stereocenters. The molecule has 0 spiro atoms. The number of ether oxygens (including phenoxy) is 2. The van der Waals surface area contributed by atoms with E-state index >= 15 is 0 Å². The molecule has 0 aliphatic rings. The maximum atomic E-state index is 11.9. The minimum absolute atomic E-state index is 0.117. The van der Waals surface area contributed by atoms with E-state index in [0.717, 1.165) is 0 Å². The SMILES string of the molecule is CC(C)COc1cccc(OCC(=O)Nc2ccc(Cl)c(Cl)c2)c1. The van der Waals surface area contributed by atoms with Gasteiger partial charge in [-0.3, -0.25) is 4.79 Å². The Labute approximate surface area is 151 Å². The fourth-order valence-corrected chi connectivity index (χ4v) is 2.13. The molecule has 6 heteroatoms. The number of hydrogen-bond acceptors (Lipinski definition) is 3. The van der Waals surface area contributed by atoms with Crippen LogP contribution in [0.1, 0.15) is 13.8 Å². The monoisotopic (exact) mass is 367 g/mol. The van der Waals surface area contributed by atoms with Gasteiger partial charge in [-0.25, -0.2) is 0 Å². The van der Waals surface area contributed by atoms with Gasteiger partial charge in [-0.05, 0) is 36.2 Å². The Balaban J connectivity index is 1.87. The second kappa shape index (κ2) is 8.81. The molecule has 24 heavy (non-hydrogen) atoms. The first-order chi connectivity index (χ1) is 11.4. The van der Waals surface area contributed by atoms with Crippen molar-refractivity contribution >= 4 is 34.8 Å². The highest BCUT2D eigenvalue weighted by Crippen LogP contribution is 2.25. The number of carbonyl (C=O) groups excluding carboxylic acids is 1. The van der Waals surface area contributed by atoms with Crippen molar-refractivity contribution in [3.63, 3.8) is 0 Å². The van der Waals surface area contributed by atoms with Crippen molar-refractivity contribution in [2.24, 2.45) is 5.92 Å². The first kappa shape index (κ1) is 18.4. The van der Waals surface area contributed by atoms with E-state index in [1.807, 2.05) is 12.1 Å². The molecule has 128 valence electrons. The van der Waals surface area contributed by atoms with Crippen molar-refractivity contribution in [1.82, 2.24) is 0 Å². The summed E-state index contributed by atoms with van der Waals surface area (Å²) < 4.78 is 11.1. The molecule has 0 saturated heterocycles. The molecule has 2 aromatic rings. The van der Waals surface area contributed by atoms with Gasteiger partial charge in [0.05, 0.1) is 16.7 Å². The molecule has 1 amide bonds. The van der Waals surface area contributed by atoms with Gasteiger partial charge in [0.15, 0.2) is 6.61 Å². The van der Waals surface area contributed by atoms with E-state index in [1.54, 1.807) is 30.3 Å². The fraction of sp³-hybridized carbons (Fsp3) is 0.278. The lowest BCUT2D eigenvalue weighted by atomic mass is 10.2. The molecule has 0 radical (unpaired) electrons. The molecule has 0 unspecified atom stereocenters. The standard InChI is InChI=1S/C18H19Cl2NO3/c1-12(2)10-23-14-4-3-5-15(9-14)24-11-18(22)21-13-6-7-16(19)17(20)8-13/h3-9,12H,10-11H2,1-2H3,(H,21,22). The Morgan fingerprint density at radius 3 is 2.42 bits per heavy atom. The highest BCUT2D eigenvalue weighted by molar-refractivity contribution is 6.42. The zero-order valence-corrected chi connectivity index (χ0v) is 15.0. The van der Waals surface area contributed by atoms with Crippen molar-refractivity contribution in [3.05, 3.63) is 52.5 Å². The van der Waals surface area contributed by atoms with Gasteiger partial charge < -0.3 is 14.8 Å². The normalized spacial score (nSPS) is 10.5. The Kier molecular flexibility index (Phi) is 6.76. The van der Waals surface area contributed by atoms with E-state index in [-0.39, 0.29) is 12.5 Å². The number of carbonyl (C=O) groups is 1. The topological polar surface area (TPSA) is 47.6 Å². The third-order valence-electron chi connectivity index (χ3n) is 2.96. The maximum Gasteiger partial charge on any atom is 0.262 e. The molecular weight excluding hydrogens is 349 g/mol. The number of halogens is 2. The third kappa shape index (κ3) is 5.95. The van der Waals surface area contributed by atoms with E-state index in [1.165, 1.54) is 0 Å². The molecule has 2 aromatic carbocycles. The molecule has 4 nitrogen and oxygen atoms in total. The van der Waals surface area contributed by atoms with Gasteiger partial charge in [-0.15, -0.1) is 0 Å². The molecule has 0 saturated carbocycles. The Bertz CT molecular complexity index is 704. The lowest BCUT2D eigenvalue weighted by Crippen LogP contribution is -2.20. The van der Waals surface area contributed by atoms with Gasteiger partial charge in [-0.1, -0.05) is 43.1 Å². The average molecular weight is 368 g/mol. The summed E-state index contributed by atoms with van der Waals surface area (Å²) in [6.07, 6.45) is 0. The summed E-state index contributed by atoms with van der Waals surface area (Å²) in [5.74, 6) is 1.43. The van der Waals surface area contributed by atoms with Crippen LogP contribution in [-0.2, 0) is 4.79 Å². The quantitative estimate of drug-likeness (QED) is 0.744. The van der Waals surface area contributed by atoms with Crippen LogP contribution in [0.25, 0.3) is 0 Å². The second-order valence-electron chi connectivity index (χ2n) is 5.65. The summed E-state index contributed by atoms with van der Waals surface area (Å²) in [6.45, 7) is 4.66. The predicted octanol–water partition coefficient (Wildman–Crippen LogP) is 5.05. The van der Waals surface area contributed by atoms with Crippen molar-refractivity contribution in [3.8, 4) is 11.5 Å². The minimum Gasteiger partial charge on any atom is -0.493 e. The van der Waals surface area contributed by atoms with Crippen LogP contribution < -0.4 is 14.8 Å².